The monoisotopic (exact) mass is 464 g/mol. The number of hydrogen-bond donors (Lipinski definition) is 1. The maximum absolute atomic E-state index is 14.0. The fourth-order valence-electron chi connectivity index (χ4n) is 2.76. The second kappa shape index (κ2) is 8.12. The number of ether oxygens (including phenoxy) is 1. The molecule has 0 bridgehead atoms. The third-order valence-electron chi connectivity index (χ3n) is 4.24. The third-order valence-corrected chi connectivity index (χ3v) is 4.92. The van der Waals surface area contributed by atoms with Crippen LogP contribution in [0.3, 0.4) is 0 Å². The normalized spacial score (nSPS) is 10.8. The van der Waals surface area contributed by atoms with Crippen LogP contribution >= 0.6 is 15.9 Å². The van der Waals surface area contributed by atoms with Crippen LogP contribution in [0.4, 0.5) is 8.78 Å². The molecule has 29 heavy (non-hydrogen) atoms. The van der Waals surface area contributed by atoms with Gasteiger partial charge in [0.1, 0.15) is 28.5 Å². The van der Waals surface area contributed by atoms with E-state index in [1.54, 1.807) is 19.9 Å². The van der Waals surface area contributed by atoms with Crippen molar-refractivity contribution in [2.75, 3.05) is 0 Å². The molecule has 1 aromatic heterocycles. The van der Waals surface area contributed by atoms with E-state index in [0.717, 1.165) is 12.1 Å². The minimum Gasteiger partial charge on any atom is -0.478 e. The minimum absolute atomic E-state index is 0.00857. The largest absolute Gasteiger partial charge is 0.478 e. The molecule has 0 radical (unpaired) electrons. The topological polar surface area (TPSA) is 81.4 Å². The maximum atomic E-state index is 14.0. The first kappa shape index (κ1) is 20.7. The Bertz CT molecular complexity index is 1180. The first-order valence-electron chi connectivity index (χ1n) is 8.39. The molecule has 2 aromatic carbocycles. The van der Waals surface area contributed by atoms with E-state index in [-0.39, 0.29) is 33.9 Å². The quantitative estimate of drug-likeness (QED) is 0.612. The molecule has 0 aliphatic carbocycles. The summed E-state index contributed by atoms with van der Waals surface area (Å²) in [6.45, 7) is 3.03. The van der Waals surface area contributed by atoms with Gasteiger partial charge in [-0.1, -0.05) is 6.07 Å². The Hall–Kier alpha value is -3.07. The number of halogens is 3. The number of carboxylic acids is 1. The molecule has 1 heterocycles. The van der Waals surface area contributed by atoms with Crippen molar-refractivity contribution in [2.45, 2.75) is 20.5 Å². The summed E-state index contributed by atoms with van der Waals surface area (Å²) in [6, 6.07) is 7.57. The fourth-order valence-corrected chi connectivity index (χ4v) is 3.14. The molecule has 0 unspecified atom stereocenters. The second-order valence-electron chi connectivity index (χ2n) is 6.25. The van der Waals surface area contributed by atoms with E-state index in [1.165, 1.54) is 22.8 Å². The van der Waals surface area contributed by atoms with E-state index >= 15 is 0 Å². The van der Waals surface area contributed by atoms with Gasteiger partial charge in [-0.2, -0.15) is 4.98 Å². The summed E-state index contributed by atoms with van der Waals surface area (Å²) in [5, 5.41) is 9.30. The highest BCUT2D eigenvalue weighted by atomic mass is 79.9. The zero-order valence-corrected chi connectivity index (χ0v) is 17.0. The Kier molecular flexibility index (Phi) is 5.78. The van der Waals surface area contributed by atoms with Crippen molar-refractivity contribution in [1.29, 1.82) is 0 Å². The van der Waals surface area contributed by atoms with Gasteiger partial charge in [0.2, 0.25) is 5.88 Å². The van der Waals surface area contributed by atoms with E-state index in [9.17, 15) is 23.5 Å². The number of nitrogens with zero attached hydrogens (tertiary/aromatic N) is 2. The van der Waals surface area contributed by atoms with Crippen molar-refractivity contribution in [3.05, 3.63) is 85.4 Å². The minimum atomic E-state index is -1.12. The average Bonchev–Trinajstić information content (AvgIpc) is 2.65. The lowest BCUT2D eigenvalue weighted by atomic mass is 10.1. The van der Waals surface area contributed by atoms with Gasteiger partial charge in [0, 0.05) is 11.6 Å². The Morgan fingerprint density at radius 2 is 1.93 bits per heavy atom. The van der Waals surface area contributed by atoms with Crippen molar-refractivity contribution in [1.82, 2.24) is 9.55 Å². The highest BCUT2D eigenvalue weighted by Crippen LogP contribution is 2.29. The molecule has 0 atom stereocenters. The lowest BCUT2D eigenvalue weighted by Crippen LogP contribution is -2.20. The summed E-state index contributed by atoms with van der Waals surface area (Å²) in [5.41, 5.74) is 0.664. The van der Waals surface area contributed by atoms with Crippen molar-refractivity contribution < 1.29 is 23.4 Å². The molecule has 0 aliphatic heterocycles. The molecule has 0 fully saturated rings. The van der Waals surface area contributed by atoms with Gasteiger partial charge in [0.15, 0.2) is 0 Å². The SMILES string of the molecule is Cc1ccc(C(=O)O)cc1-n1c(C)nc(=O)c(Br)c1OCc1ccc(F)cc1F. The summed E-state index contributed by atoms with van der Waals surface area (Å²) < 4.78 is 34.3. The van der Waals surface area contributed by atoms with Gasteiger partial charge < -0.3 is 9.84 Å². The van der Waals surface area contributed by atoms with Gasteiger partial charge >= 0.3 is 5.97 Å². The number of hydrogen-bond acceptors (Lipinski definition) is 4. The van der Waals surface area contributed by atoms with E-state index in [4.69, 9.17) is 4.74 Å². The smallest absolute Gasteiger partial charge is 0.335 e. The van der Waals surface area contributed by atoms with Crippen molar-refractivity contribution in [3.8, 4) is 11.6 Å². The van der Waals surface area contributed by atoms with Gasteiger partial charge in [-0.3, -0.25) is 9.36 Å². The van der Waals surface area contributed by atoms with Gasteiger partial charge in [-0.05, 0) is 59.6 Å². The van der Waals surface area contributed by atoms with Crippen LogP contribution in [0.2, 0.25) is 0 Å². The van der Waals surface area contributed by atoms with Crippen LogP contribution in [0.15, 0.2) is 45.7 Å². The average molecular weight is 465 g/mol. The predicted octanol–water partition coefficient (Wildman–Crippen LogP) is 4.17. The van der Waals surface area contributed by atoms with E-state index in [2.05, 4.69) is 20.9 Å². The molecule has 1 N–H and O–H groups in total. The number of carbonyl (C=O) groups is 1. The number of rotatable bonds is 5. The molecular weight excluding hydrogens is 450 g/mol. The fraction of sp³-hybridized carbons (Fsp3) is 0.150. The summed E-state index contributed by atoms with van der Waals surface area (Å²) >= 11 is 3.15. The summed E-state index contributed by atoms with van der Waals surface area (Å²) in [5.74, 6) is -2.35. The summed E-state index contributed by atoms with van der Waals surface area (Å²) in [6.07, 6.45) is 0. The molecule has 9 heteroatoms. The van der Waals surface area contributed by atoms with Crippen molar-refractivity contribution in [2.24, 2.45) is 0 Å². The maximum Gasteiger partial charge on any atom is 0.335 e. The number of carboxylic acid groups (broad SMARTS) is 1. The Morgan fingerprint density at radius 1 is 1.21 bits per heavy atom. The molecule has 0 saturated carbocycles. The van der Waals surface area contributed by atoms with Crippen molar-refractivity contribution >= 4 is 21.9 Å². The summed E-state index contributed by atoms with van der Waals surface area (Å²) in [7, 11) is 0. The highest BCUT2D eigenvalue weighted by molar-refractivity contribution is 9.10. The second-order valence-corrected chi connectivity index (χ2v) is 7.04. The van der Waals surface area contributed by atoms with Crippen LogP contribution < -0.4 is 10.3 Å². The van der Waals surface area contributed by atoms with Gasteiger partial charge in [0.05, 0.1) is 11.3 Å². The number of aromatic nitrogens is 2. The van der Waals surface area contributed by atoms with Crippen LogP contribution in [-0.2, 0) is 6.61 Å². The first-order chi connectivity index (χ1) is 13.7. The Balaban J connectivity index is 2.14. The molecule has 3 rings (SSSR count). The zero-order chi connectivity index (χ0) is 21.3. The van der Waals surface area contributed by atoms with E-state index in [0.29, 0.717) is 11.3 Å². The molecule has 6 nitrogen and oxygen atoms in total. The number of aryl methyl sites for hydroxylation is 2. The van der Waals surface area contributed by atoms with Crippen LogP contribution in [0.5, 0.6) is 5.88 Å². The van der Waals surface area contributed by atoms with E-state index in [1.807, 2.05) is 0 Å². The molecule has 0 aliphatic rings. The zero-order valence-electron chi connectivity index (χ0n) is 15.4. The van der Waals surface area contributed by atoms with Crippen LogP contribution in [0, 0.1) is 25.5 Å². The highest BCUT2D eigenvalue weighted by Gasteiger charge is 2.19. The van der Waals surface area contributed by atoms with Crippen molar-refractivity contribution in [3.63, 3.8) is 0 Å². The number of aromatic carboxylic acids is 1. The standard InChI is InChI=1S/C20H15BrF2N2O4/c1-10-3-4-12(20(27)28)7-16(10)25-11(2)24-18(26)17(21)19(25)29-9-13-5-6-14(22)8-15(13)23/h3-8H,9H2,1-2H3,(H,27,28). The molecule has 0 spiro atoms. The van der Waals surface area contributed by atoms with Crippen LogP contribution in [-0.4, -0.2) is 20.6 Å². The lowest BCUT2D eigenvalue weighted by Gasteiger charge is -2.20. The Morgan fingerprint density at radius 3 is 2.59 bits per heavy atom. The lowest BCUT2D eigenvalue weighted by molar-refractivity contribution is 0.0696. The van der Waals surface area contributed by atoms with Crippen LogP contribution in [0.1, 0.15) is 27.3 Å². The predicted molar refractivity (Wildman–Crippen MR) is 105 cm³/mol. The van der Waals surface area contributed by atoms with Gasteiger partial charge in [-0.25, -0.2) is 13.6 Å². The van der Waals surface area contributed by atoms with Crippen LogP contribution in [0.25, 0.3) is 5.69 Å². The summed E-state index contributed by atoms with van der Waals surface area (Å²) in [4.78, 5) is 27.5. The van der Waals surface area contributed by atoms with Gasteiger partial charge in [0.25, 0.3) is 5.56 Å². The Labute approximate surface area is 172 Å². The molecule has 0 amide bonds. The van der Waals surface area contributed by atoms with E-state index < -0.39 is 23.2 Å². The molecule has 3 aromatic rings. The number of benzene rings is 2. The third kappa shape index (κ3) is 4.19. The molecule has 150 valence electrons. The van der Waals surface area contributed by atoms with Gasteiger partial charge in [-0.15, -0.1) is 0 Å². The molecular formula is C20H15BrF2N2O4. The molecule has 0 saturated heterocycles. The first-order valence-corrected chi connectivity index (χ1v) is 9.18.